The maximum atomic E-state index is 11.9. The van der Waals surface area contributed by atoms with E-state index in [4.69, 9.17) is 5.11 Å². The van der Waals surface area contributed by atoms with E-state index in [1.807, 2.05) is 13.8 Å². The minimum Gasteiger partial charge on any atom is -0.480 e. The fourth-order valence-electron chi connectivity index (χ4n) is 1.84. The monoisotopic (exact) mass is 250 g/mol. The van der Waals surface area contributed by atoms with E-state index in [-0.39, 0.29) is 12.1 Å². The number of sulfonamides is 1. The molecule has 0 aliphatic carbocycles. The van der Waals surface area contributed by atoms with Gasteiger partial charge in [0.1, 0.15) is 0 Å². The predicted molar refractivity (Wildman–Crippen MR) is 59.7 cm³/mol. The van der Waals surface area contributed by atoms with Crippen LogP contribution >= 0.6 is 0 Å². The highest BCUT2D eigenvalue weighted by molar-refractivity contribution is 7.90. The number of carbonyl (C=O) groups is 1. The molecule has 0 radical (unpaired) electrons. The molecule has 0 bridgehead atoms. The zero-order chi connectivity index (χ0) is 12.5. The van der Waals surface area contributed by atoms with E-state index in [0.29, 0.717) is 13.1 Å². The van der Waals surface area contributed by atoms with Gasteiger partial charge in [0, 0.05) is 25.2 Å². The maximum absolute atomic E-state index is 11.9. The van der Waals surface area contributed by atoms with Crippen LogP contribution in [-0.4, -0.2) is 54.2 Å². The zero-order valence-electron chi connectivity index (χ0n) is 9.67. The average Bonchev–Trinajstić information content (AvgIpc) is 2.14. The summed E-state index contributed by atoms with van der Waals surface area (Å²) < 4.78 is 25.1. The topological polar surface area (TPSA) is 86.7 Å². The molecule has 2 N–H and O–H groups in total. The molecule has 3 unspecified atom stereocenters. The first-order valence-corrected chi connectivity index (χ1v) is 6.73. The van der Waals surface area contributed by atoms with Crippen molar-refractivity contribution in [2.75, 3.05) is 13.1 Å². The number of hydrogen-bond donors (Lipinski definition) is 2. The molecule has 0 spiro atoms. The molecule has 1 aliphatic heterocycles. The van der Waals surface area contributed by atoms with Gasteiger partial charge in [0.05, 0.1) is 0 Å². The number of carboxylic acid groups (broad SMARTS) is 1. The quantitative estimate of drug-likeness (QED) is 0.703. The molecule has 0 amide bonds. The molecule has 94 valence electrons. The second-order valence-electron chi connectivity index (χ2n) is 4.31. The number of nitrogens with one attached hydrogen (secondary N) is 1. The summed E-state index contributed by atoms with van der Waals surface area (Å²) in [5, 5.41) is 10.6. The Kier molecular flexibility index (Phi) is 3.92. The van der Waals surface area contributed by atoms with Crippen LogP contribution in [0.1, 0.15) is 20.8 Å². The highest BCUT2D eigenvalue weighted by Gasteiger charge is 2.37. The van der Waals surface area contributed by atoms with Crippen LogP contribution in [0, 0.1) is 0 Å². The molecule has 1 fully saturated rings. The zero-order valence-corrected chi connectivity index (χ0v) is 10.5. The van der Waals surface area contributed by atoms with Crippen LogP contribution in [0.5, 0.6) is 0 Å². The van der Waals surface area contributed by atoms with Crippen molar-refractivity contribution in [1.82, 2.24) is 9.62 Å². The molecule has 16 heavy (non-hydrogen) atoms. The Hall–Kier alpha value is -0.660. The Labute approximate surface area is 95.7 Å². The average molecular weight is 250 g/mol. The summed E-state index contributed by atoms with van der Waals surface area (Å²) in [6.07, 6.45) is 0. The lowest BCUT2D eigenvalue weighted by molar-refractivity contribution is -0.136. The summed E-state index contributed by atoms with van der Waals surface area (Å²) in [5.74, 6) is -1.31. The highest BCUT2D eigenvalue weighted by atomic mass is 32.2. The van der Waals surface area contributed by atoms with Crippen molar-refractivity contribution in [2.24, 2.45) is 0 Å². The van der Waals surface area contributed by atoms with Gasteiger partial charge in [0.25, 0.3) is 0 Å². The third-order valence-corrected chi connectivity index (χ3v) is 4.79. The number of piperazine rings is 1. The second-order valence-corrected chi connectivity index (χ2v) is 6.56. The van der Waals surface area contributed by atoms with E-state index in [9.17, 15) is 13.2 Å². The van der Waals surface area contributed by atoms with E-state index in [0.717, 1.165) is 0 Å². The maximum Gasteiger partial charge on any atom is 0.323 e. The smallest absolute Gasteiger partial charge is 0.323 e. The van der Waals surface area contributed by atoms with Crippen LogP contribution in [0.2, 0.25) is 0 Å². The number of carboxylic acids is 1. The van der Waals surface area contributed by atoms with E-state index < -0.39 is 21.2 Å². The van der Waals surface area contributed by atoms with Gasteiger partial charge in [-0.05, 0) is 20.8 Å². The minimum atomic E-state index is -3.73. The number of hydrogen-bond acceptors (Lipinski definition) is 4. The van der Waals surface area contributed by atoms with Crippen molar-refractivity contribution in [1.29, 1.82) is 0 Å². The third-order valence-electron chi connectivity index (χ3n) is 2.68. The Balaban J connectivity index is 2.87. The Morgan fingerprint density at radius 1 is 1.38 bits per heavy atom. The Morgan fingerprint density at radius 3 is 2.19 bits per heavy atom. The van der Waals surface area contributed by atoms with Gasteiger partial charge in [-0.1, -0.05) is 0 Å². The van der Waals surface area contributed by atoms with E-state index in [1.165, 1.54) is 11.2 Å². The lowest BCUT2D eigenvalue weighted by Crippen LogP contribution is -2.57. The summed E-state index contributed by atoms with van der Waals surface area (Å²) in [4.78, 5) is 10.7. The normalized spacial score (nSPS) is 29.9. The fourth-order valence-corrected chi connectivity index (χ4v) is 3.40. The molecular weight excluding hydrogens is 232 g/mol. The van der Waals surface area contributed by atoms with Gasteiger partial charge in [-0.15, -0.1) is 0 Å². The van der Waals surface area contributed by atoms with E-state index in [1.54, 1.807) is 0 Å². The standard InChI is InChI=1S/C9H18N2O4S/c1-6-4-11(5-7(2)10-6)16(14,15)8(3)9(12)13/h6-8,10H,4-5H2,1-3H3,(H,12,13). The summed E-state index contributed by atoms with van der Waals surface area (Å²) in [6, 6.07) is 0.0824. The van der Waals surface area contributed by atoms with Crippen LogP contribution in [-0.2, 0) is 14.8 Å². The molecule has 1 rings (SSSR count). The molecule has 6 nitrogen and oxygen atoms in total. The van der Waals surface area contributed by atoms with Gasteiger partial charge in [-0.2, -0.15) is 4.31 Å². The molecular formula is C9H18N2O4S. The Bertz CT molecular complexity index is 358. The minimum absolute atomic E-state index is 0.0412. The predicted octanol–water partition coefficient (Wildman–Crippen LogP) is -0.528. The summed E-state index contributed by atoms with van der Waals surface area (Å²) >= 11 is 0. The van der Waals surface area contributed by atoms with Crippen molar-refractivity contribution < 1.29 is 18.3 Å². The first-order valence-electron chi connectivity index (χ1n) is 5.23. The number of nitrogens with zero attached hydrogens (tertiary/aromatic N) is 1. The highest BCUT2D eigenvalue weighted by Crippen LogP contribution is 2.14. The van der Waals surface area contributed by atoms with Gasteiger partial charge in [-0.25, -0.2) is 8.42 Å². The first kappa shape index (κ1) is 13.4. The number of rotatable bonds is 3. The summed E-state index contributed by atoms with van der Waals surface area (Å²) in [7, 11) is -3.73. The number of aliphatic carboxylic acids is 1. The SMILES string of the molecule is CC1CN(S(=O)(=O)C(C)C(=O)O)CC(C)N1. The first-order chi connectivity index (χ1) is 7.25. The molecule has 7 heteroatoms. The molecule has 1 saturated heterocycles. The second kappa shape index (κ2) is 4.68. The van der Waals surface area contributed by atoms with Crippen molar-refractivity contribution in [3.8, 4) is 0 Å². The lowest BCUT2D eigenvalue weighted by atomic mass is 10.2. The van der Waals surface area contributed by atoms with Crippen LogP contribution in [0.25, 0.3) is 0 Å². The Morgan fingerprint density at radius 2 is 1.81 bits per heavy atom. The largest absolute Gasteiger partial charge is 0.480 e. The van der Waals surface area contributed by atoms with Crippen molar-refractivity contribution >= 4 is 16.0 Å². The van der Waals surface area contributed by atoms with Crippen LogP contribution < -0.4 is 5.32 Å². The van der Waals surface area contributed by atoms with E-state index in [2.05, 4.69) is 5.32 Å². The summed E-state index contributed by atoms with van der Waals surface area (Å²) in [5.41, 5.74) is 0. The molecule has 0 saturated carbocycles. The molecule has 0 aromatic rings. The fraction of sp³-hybridized carbons (Fsp3) is 0.889. The molecule has 0 aromatic carbocycles. The van der Waals surface area contributed by atoms with Gasteiger partial charge < -0.3 is 10.4 Å². The third kappa shape index (κ3) is 2.72. The molecule has 1 heterocycles. The van der Waals surface area contributed by atoms with Crippen LogP contribution in [0.3, 0.4) is 0 Å². The summed E-state index contributed by atoms with van der Waals surface area (Å²) in [6.45, 7) is 5.61. The van der Waals surface area contributed by atoms with Gasteiger partial charge in [0.15, 0.2) is 5.25 Å². The molecule has 3 atom stereocenters. The van der Waals surface area contributed by atoms with Crippen molar-refractivity contribution in [3.05, 3.63) is 0 Å². The van der Waals surface area contributed by atoms with Crippen LogP contribution in [0.15, 0.2) is 0 Å². The lowest BCUT2D eigenvalue weighted by Gasteiger charge is -2.36. The molecule has 0 aromatic heterocycles. The van der Waals surface area contributed by atoms with Crippen molar-refractivity contribution in [2.45, 2.75) is 38.1 Å². The van der Waals surface area contributed by atoms with Crippen molar-refractivity contribution in [3.63, 3.8) is 0 Å². The van der Waals surface area contributed by atoms with Crippen LogP contribution in [0.4, 0.5) is 0 Å². The van der Waals surface area contributed by atoms with Gasteiger partial charge in [0.2, 0.25) is 10.0 Å². The van der Waals surface area contributed by atoms with Gasteiger partial charge in [-0.3, -0.25) is 4.79 Å². The molecule has 1 aliphatic rings. The van der Waals surface area contributed by atoms with Gasteiger partial charge >= 0.3 is 5.97 Å². The van der Waals surface area contributed by atoms with E-state index >= 15 is 0 Å².